The van der Waals surface area contributed by atoms with Crippen molar-refractivity contribution in [3.63, 3.8) is 0 Å². The second kappa shape index (κ2) is 14.5. The van der Waals surface area contributed by atoms with Gasteiger partial charge in [-0.1, -0.05) is 48.7 Å². The van der Waals surface area contributed by atoms with Crippen molar-refractivity contribution >= 4 is 29.8 Å². The highest BCUT2D eigenvalue weighted by Gasteiger charge is 2.42. The standard InChI is InChI=1S/C33H37ClF2N4O5/c1-38(16-21-6-2-3-7-22(21)19-41)17-27-31-25(12-14-40(27)32(42)23-8-4-5-9-24(23)33(43)44)26(34)10-11-28(31)45-20-30-37-13-15-39(30)18-29(35)36/h2-3,6-7,10-11,13,15,19,23-24,27,29H,4-5,8-9,12,14,16-18,20H2,1H3,(H,43,44). The van der Waals surface area contributed by atoms with Gasteiger partial charge in [-0.25, -0.2) is 13.8 Å². The van der Waals surface area contributed by atoms with Gasteiger partial charge in [-0.2, -0.15) is 0 Å². The molecular formula is C33H37ClF2N4O5. The number of carbonyl (C=O) groups is 3. The van der Waals surface area contributed by atoms with E-state index in [9.17, 15) is 28.3 Å². The van der Waals surface area contributed by atoms with Gasteiger partial charge in [-0.3, -0.25) is 19.3 Å². The molecule has 3 unspecified atom stereocenters. The summed E-state index contributed by atoms with van der Waals surface area (Å²) in [5, 5.41) is 10.5. The average molecular weight is 643 g/mol. The van der Waals surface area contributed by atoms with E-state index in [1.165, 1.54) is 17.0 Å². The van der Waals surface area contributed by atoms with Gasteiger partial charge in [0.15, 0.2) is 0 Å². The third-order valence-electron chi connectivity index (χ3n) is 8.86. The van der Waals surface area contributed by atoms with E-state index in [0.29, 0.717) is 66.6 Å². The normalized spacial score (nSPS) is 19.9. The summed E-state index contributed by atoms with van der Waals surface area (Å²) in [4.78, 5) is 46.1. The van der Waals surface area contributed by atoms with Crippen LogP contribution in [-0.2, 0) is 35.7 Å². The van der Waals surface area contributed by atoms with E-state index in [2.05, 4.69) is 4.98 Å². The van der Waals surface area contributed by atoms with Crippen LogP contribution in [0.5, 0.6) is 5.75 Å². The maximum atomic E-state index is 14.3. The van der Waals surface area contributed by atoms with E-state index in [0.717, 1.165) is 30.3 Å². The number of nitrogens with zero attached hydrogens (tertiary/aromatic N) is 4. The van der Waals surface area contributed by atoms with Crippen LogP contribution in [0.25, 0.3) is 0 Å². The maximum Gasteiger partial charge on any atom is 0.307 e. The Balaban J connectivity index is 1.50. The van der Waals surface area contributed by atoms with Gasteiger partial charge in [0.1, 0.15) is 24.5 Å². The number of carboxylic acid groups (broad SMARTS) is 1. The van der Waals surface area contributed by atoms with Gasteiger partial charge in [0, 0.05) is 48.2 Å². The number of alkyl halides is 2. The van der Waals surface area contributed by atoms with Gasteiger partial charge >= 0.3 is 5.97 Å². The Hall–Kier alpha value is -3.83. The van der Waals surface area contributed by atoms with Crippen LogP contribution in [0.15, 0.2) is 48.8 Å². The fourth-order valence-electron chi connectivity index (χ4n) is 6.68. The lowest BCUT2D eigenvalue weighted by Gasteiger charge is -2.43. The molecule has 1 saturated carbocycles. The largest absolute Gasteiger partial charge is 0.485 e. The van der Waals surface area contributed by atoms with E-state index in [1.54, 1.807) is 29.2 Å². The number of halogens is 3. The molecule has 0 spiro atoms. The molecule has 1 aromatic heterocycles. The second-order valence-electron chi connectivity index (χ2n) is 11.8. The molecule has 1 N–H and O–H groups in total. The van der Waals surface area contributed by atoms with Gasteiger partial charge < -0.3 is 19.3 Å². The van der Waals surface area contributed by atoms with E-state index in [-0.39, 0.29) is 12.5 Å². The van der Waals surface area contributed by atoms with Crippen molar-refractivity contribution in [3.05, 3.63) is 81.9 Å². The highest BCUT2D eigenvalue weighted by molar-refractivity contribution is 6.31. The summed E-state index contributed by atoms with van der Waals surface area (Å²) < 4.78 is 33.9. The number of ether oxygens (including phenoxy) is 1. The summed E-state index contributed by atoms with van der Waals surface area (Å²) in [5.41, 5.74) is 2.92. The number of fused-ring (bicyclic) bond motifs is 1. The molecule has 2 aromatic carbocycles. The topological polar surface area (TPSA) is 105 Å². The fraction of sp³-hybridized carbons (Fsp3) is 0.455. The zero-order valence-electron chi connectivity index (χ0n) is 25.1. The van der Waals surface area contributed by atoms with Crippen LogP contribution >= 0.6 is 11.6 Å². The average Bonchev–Trinajstić information content (AvgIpc) is 3.46. The van der Waals surface area contributed by atoms with E-state index < -0.39 is 36.8 Å². The van der Waals surface area contributed by atoms with Crippen LogP contribution < -0.4 is 4.74 Å². The number of carbonyl (C=O) groups excluding carboxylic acids is 2. The lowest BCUT2D eigenvalue weighted by atomic mass is 9.77. The van der Waals surface area contributed by atoms with Crippen molar-refractivity contribution in [2.24, 2.45) is 11.8 Å². The SMILES string of the molecule is CN(Cc1ccccc1C=O)CC1c2c(OCc3nccn3CC(F)F)ccc(Cl)c2CCN1C(=O)C1CCCCC1C(=O)O. The molecule has 1 aliphatic carbocycles. The van der Waals surface area contributed by atoms with Crippen LogP contribution in [0.4, 0.5) is 8.78 Å². The summed E-state index contributed by atoms with van der Waals surface area (Å²) in [6.45, 7) is 0.515. The van der Waals surface area contributed by atoms with Crippen molar-refractivity contribution < 1.29 is 33.0 Å². The first kappa shape index (κ1) is 32.6. The van der Waals surface area contributed by atoms with Crippen LogP contribution in [0, 0.1) is 11.8 Å². The zero-order chi connectivity index (χ0) is 32.1. The maximum absolute atomic E-state index is 14.3. The van der Waals surface area contributed by atoms with Crippen LogP contribution in [0.3, 0.4) is 0 Å². The number of amides is 1. The lowest BCUT2D eigenvalue weighted by molar-refractivity contribution is -0.153. The third-order valence-corrected chi connectivity index (χ3v) is 9.21. The van der Waals surface area contributed by atoms with Gasteiger partial charge in [0.2, 0.25) is 5.91 Å². The Kier molecular flexibility index (Phi) is 10.5. The minimum absolute atomic E-state index is 0.0826. The summed E-state index contributed by atoms with van der Waals surface area (Å²) in [6, 6.07) is 10.2. The smallest absolute Gasteiger partial charge is 0.307 e. The van der Waals surface area contributed by atoms with Crippen molar-refractivity contribution in [1.29, 1.82) is 0 Å². The molecule has 240 valence electrons. The molecule has 5 rings (SSSR count). The first-order chi connectivity index (χ1) is 21.7. The number of benzene rings is 2. The minimum atomic E-state index is -2.56. The number of aliphatic carboxylic acids is 1. The molecule has 1 fully saturated rings. The molecule has 2 aliphatic rings. The molecular weight excluding hydrogens is 606 g/mol. The molecule has 45 heavy (non-hydrogen) atoms. The summed E-state index contributed by atoms with van der Waals surface area (Å²) in [6.07, 6.45) is 4.11. The number of rotatable bonds is 12. The number of likely N-dealkylation sites (N-methyl/N-ethyl adjacent to an activating group) is 1. The molecule has 0 bridgehead atoms. The van der Waals surface area contributed by atoms with Crippen LogP contribution in [-0.4, -0.2) is 69.2 Å². The first-order valence-electron chi connectivity index (χ1n) is 15.1. The van der Waals surface area contributed by atoms with E-state index in [1.807, 2.05) is 24.1 Å². The molecule has 3 atom stereocenters. The predicted octanol–water partition coefficient (Wildman–Crippen LogP) is 5.64. The predicted molar refractivity (Wildman–Crippen MR) is 163 cm³/mol. The van der Waals surface area contributed by atoms with Gasteiger partial charge in [0.05, 0.1) is 24.4 Å². The Morgan fingerprint density at radius 3 is 2.67 bits per heavy atom. The third kappa shape index (κ3) is 7.36. The first-order valence-corrected chi connectivity index (χ1v) is 15.5. The van der Waals surface area contributed by atoms with E-state index in [4.69, 9.17) is 16.3 Å². The van der Waals surface area contributed by atoms with Crippen molar-refractivity contribution in [3.8, 4) is 5.75 Å². The number of aromatic nitrogens is 2. The van der Waals surface area contributed by atoms with Crippen molar-refractivity contribution in [2.45, 2.75) is 64.3 Å². The van der Waals surface area contributed by atoms with E-state index >= 15 is 0 Å². The summed E-state index contributed by atoms with van der Waals surface area (Å²) in [7, 11) is 1.89. The van der Waals surface area contributed by atoms with Crippen molar-refractivity contribution in [1.82, 2.24) is 19.4 Å². The van der Waals surface area contributed by atoms with Crippen LogP contribution in [0.1, 0.15) is 64.6 Å². The Labute approximate surface area is 265 Å². The molecule has 2 heterocycles. The number of carboxylic acids is 1. The minimum Gasteiger partial charge on any atom is -0.485 e. The number of imidazole rings is 1. The molecule has 0 saturated heterocycles. The number of aldehydes is 1. The molecule has 1 amide bonds. The summed E-state index contributed by atoms with van der Waals surface area (Å²) >= 11 is 6.72. The van der Waals surface area contributed by atoms with Gasteiger partial charge in [-0.15, -0.1) is 0 Å². The Morgan fingerprint density at radius 1 is 1.18 bits per heavy atom. The number of hydrogen-bond acceptors (Lipinski definition) is 6. The monoisotopic (exact) mass is 642 g/mol. The van der Waals surface area contributed by atoms with Gasteiger partial charge in [0.25, 0.3) is 6.43 Å². The highest BCUT2D eigenvalue weighted by Crippen LogP contribution is 2.43. The summed E-state index contributed by atoms with van der Waals surface area (Å²) in [5.74, 6) is -1.80. The quantitative estimate of drug-likeness (QED) is 0.255. The highest BCUT2D eigenvalue weighted by atomic mass is 35.5. The molecule has 3 aromatic rings. The zero-order valence-corrected chi connectivity index (χ0v) is 25.8. The van der Waals surface area contributed by atoms with Gasteiger partial charge in [-0.05, 0) is 49.6 Å². The number of hydrogen-bond donors (Lipinski definition) is 1. The Morgan fingerprint density at radius 2 is 1.93 bits per heavy atom. The molecule has 0 radical (unpaired) electrons. The fourth-order valence-corrected chi connectivity index (χ4v) is 6.93. The van der Waals surface area contributed by atoms with Crippen molar-refractivity contribution in [2.75, 3.05) is 20.1 Å². The Bertz CT molecular complexity index is 1530. The molecule has 12 heteroatoms. The van der Waals surface area contributed by atoms with Crippen LogP contribution in [0.2, 0.25) is 5.02 Å². The molecule has 9 nitrogen and oxygen atoms in total. The second-order valence-corrected chi connectivity index (χ2v) is 12.2. The molecule has 1 aliphatic heterocycles. The lowest BCUT2D eigenvalue weighted by Crippen LogP contribution is -2.49.